The number of likely N-dealkylation sites (tertiary alicyclic amines) is 1. The number of aliphatic hydroxyl groups excluding tert-OH is 1. The summed E-state index contributed by atoms with van der Waals surface area (Å²) >= 11 is 0. The lowest BCUT2D eigenvalue weighted by atomic mass is 10.0. The Bertz CT molecular complexity index is 1130. The van der Waals surface area contributed by atoms with Crippen LogP contribution in [-0.2, 0) is 4.79 Å². The third kappa shape index (κ3) is 4.47. The van der Waals surface area contributed by atoms with Crippen LogP contribution in [-0.4, -0.2) is 54.3 Å². The molecule has 8 heteroatoms. The number of hydrazone groups is 1. The van der Waals surface area contributed by atoms with Crippen molar-refractivity contribution in [1.82, 2.24) is 10.3 Å². The molecule has 6 rings (SSSR count). The van der Waals surface area contributed by atoms with E-state index in [-0.39, 0.29) is 17.7 Å². The molecule has 4 aliphatic rings. The molecule has 2 N–H and O–H groups in total. The fourth-order valence-electron chi connectivity index (χ4n) is 5.57. The zero-order valence-electron chi connectivity index (χ0n) is 19.9. The zero-order chi connectivity index (χ0) is 23.9. The molecule has 2 aromatic carbocycles. The molecule has 1 aliphatic carbocycles. The Balaban J connectivity index is 1.15. The number of halogens is 1. The van der Waals surface area contributed by atoms with Gasteiger partial charge < -0.3 is 14.9 Å². The molecule has 0 aromatic heterocycles. The maximum Gasteiger partial charge on any atom is 0.225 e. The summed E-state index contributed by atoms with van der Waals surface area (Å²) in [4.78, 5) is 18.2. The minimum absolute atomic E-state index is 0.224. The van der Waals surface area contributed by atoms with Crippen LogP contribution in [0.15, 0.2) is 47.6 Å². The molecule has 1 saturated carbocycles. The van der Waals surface area contributed by atoms with Gasteiger partial charge in [0.05, 0.1) is 5.69 Å². The van der Waals surface area contributed by atoms with Gasteiger partial charge in [-0.3, -0.25) is 15.1 Å². The van der Waals surface area contributed by atoms with Gasteiger partial charge in [-0.1, -0.05) is 18.2 Å². The number of anilines is 2. The predicted octanol–water partition coefficient (Wildman–Crippen LogP) is 3.74. The SMILES string of the molecule is O=C(C1CC1)N1CC[C@@H](CC2=NNC(O)N2c2ccc(-c3ccc(N4CCCC4)cc3)cc2F)C1. The number of aliphatic hydroxyl groups is 1. The summed E-state index contributed by atoms with van der Waals surface area (Å²) in [6.45, 7) is 3.65. The summed E-state index contributed by atoms with van der Waals surface area (Å²) < 4.78 is 15.3. The minimum atomic E-state index is -1.12. The molecule has 184 valence electrons. The van der Waals surface area contributed by atoms with Crippen LogP contribution in [0.25, 0.3) is 11.1 Å². The Kier molecular flexibility index (Phi) is 5.84. The van der Waals surface area contributed by atoms with E-state index in [4.69, 9.17) is 0 Å². The number of amides is 1. The van der Waals surface area contributed by atoms with E-state index < -0.39 is 12.2 Å². The van der Waals surface area contributed by atoms with E-state index in [1.165, 1.54) is 29.5 Å². The highest BCUT2D eigenvalue weighted by Crippen LogP contribution is 2.35. The number of nitrogens with zero attached hydrogens (tertiary/aromatic N) is 4. The summed E-state index contributed by atoms with van der Waals surface area (Å²) in [7, 11) is 0. The highest BCUT2D eigenvalue weighted by atomic mass is 19.1. The minimum Gasteiger partial charge on any atom is -0.372 e. The number of nitrogens with one attached hydrogen (secondary N) is 1. The maximum atomic E-state index is 15.3. The second-order valence-electron chi connectivity index (χ2n) is 10.2. The smallest absolute Gasteiger partial charge is 0.225 e. The van der Waals surface area contributed by atoms with E-state index in [0.717, 1.165) is 50.0 Å². The Hall–Kier alpha value is -3.13. The van der Waals surface area contributed by atoms with Crippen molar-refractivity contribution in [2.45, 2.75) is 44.9 Å². The Morgan fingerprint density at radius 1 is 1.03 bits per heavy atom. The molecule has 3 fully saturated rings. The zero-order valence-corrected chi connectivity index (χ0v) is 19.9. The topological polar surface area (TPSA) is 71.4 Å². The van der Waals surface area contributed by atoms with Crippen LogP contribution in [0.1, 0.15) is 38.5 Å². The van der Waals surface area contributed by atoms with E-state index >= 15 is 4.39 Å². The number of benzene rings is 2. The summed E-state index contributed by atoms with van der Waals surface area (Å²) in [6.07, 6.45) is 4.84. The van der Waals surface area contributed by atoms with Crippen molar-refractivity contribution >= 4 is 23.1 Å². The summed E-state index contributed by atoms with van der Waals surface area (Å²) in [5.41, 5.74) is 5.93. The van der Waals surface area contributed by atoms with Gasteiger partial charge in [0.2, 0.25) is 12.3 Å². The van der Waals surface area contributed by atoms with E-state index in [1.807, 2.05) is 23.1 Å². The van der Waals surface area contributed by atoms with Crippen molar-refractivity contribution in [3.8, 4) is 11.1 Å². The van der Waals surface area contributed by atoms with Crippen LogP contribution in [0.5, 0.6) is 0 Å². The van der Waals surface area contributed by atoms with Crippen molar-refractivity contribution in [3.05, 3.63) is 48.3 Å². The van der Waals surface area contributed by atoms with Gasteiger partial charge in [-0.2, -0.15) is 5.10 Å². The van der Waals surface area contributed by atoms with E-state index in [9.17, 15) is 9.90 Å². The molecule has 1 unspecified atom stereocenters. The molecule has 2 saturated heterocycles. The lowest BCUT2D eigenvalue weighted by Gasteiger charge is -2.25. The number of hydrogen-bond donors (Lipinski definition) is 2. The van der Waals surface area contributed by atoms with Crippen molar-refractivity contribution in [2.75, 3.05) is 36.0 Å². The third-order valence-electron chi connectivity index (χ3n) is 7.71. The van der Waals surface area contributed by atoms with Gasteiger partial charge in [0, 0.05) is 44.2 Å². The molecule has 1 amide bonds. The Morgan fingerprint density at radius 3 is 2.49 bits per heavy atom. The highest BCUT2D eigenvalue weighted by Gasteiger charge is 2.38. The van der Waals surface area contributed by atoms with Crippen LogP contribution in [0, 0.1) is 17.7 Å². The van der Waals surface area contributed by atoms with E-state index in [2.05, 4.69) is 27.6 Å². The molecule has 2 atom stereocenters. The average Bonchev–Trinajstić information content (AvgIpc) is 3.22. The second-order valence-corrected chi connectivity index (χ2v) is 10.2. The first-order valence-corrected chi connectivity index (χ1v) is 12.8. The second kappa shape index (κ2) is 9.15. The van der Waals surface area contributed by atoms with Crippen molar-refractivity contribution < 1.29 is 14.3 Å². The lowest BCUT2D eigenvalue weighted by molar-refractivity contribution is -0.131. The van der Waals surface area contributed by atoms with Gasteiger partial charge in [-0.15, -0.1) is 0 Å². The first-order valence-electron chi connectivity index (χ1n) is 12.8. The molecule has 35 heavy (non-hydrogen) atoms. The molecular formula is C27H32FN5O2. The number of hydrogen-bond acceptors (Lipinski definition) is 6. The fourth-order valence-corrected chi connectivity index (χ4v) is 5.57. The van der Waals surface area contributed by atoms with E-state index in [0.29, 0.717) is 24.5 Å². The number of amidine groups is 1. The lowest BCUT2D eigenvalue weighted by Crippen LogP contribution is -2.41. The molecule has 0 radical (unpaired) electrons. The van der Waals surface area contributed by atoms with Gasteiger partial charge >= 0.3 is 0 Å². The number of rotatable bonds is 6. The largest absolute Gasteiger partial charge is 0.372 e. The summed E-state index contributed by atoms with van der Waals surface area (Å²) in [5.74, 6) is 0.943. The van der Waals surface area contributed by atoms with Crippen LogP contribution < -0.4 is 15.2 Å². The molecule has 3 heterocycles. The van der Waals surface area contributed by atoms with Crippen molar-refractivity contribution in [2.24, 2.45) is 16.9 Å². The van der Waals surface area contributed by atoms with Gasteiger partial charge in [0.25, 0.3) is 0 Å². The molecule has 2 aromatic rings. The van der Waals surface area contributed by atoms with Crippen LogP contribution in [0.2, 0.25) is 0 Å². The Morgan fingerprint density at radius 2 is 1.77 bits per heavy atom. The van der Waals surface area contributed by atoms with E-state index in [1.54, 1.807) is 6.07 Å². The first-order chi connectivity index (χ1) is 17.1. The molecular weight excluding hydrogens is 445 g/mol. The fraction of sp³-hybridized carbons (Fsp3) is 0.481. The van der Waals surface area contributed by atoms with Gasteiger partial charge in [-0.25, -0.2) is 4.39 Å². The maximum absolute atomic E-state index is 15.3. The Labute approximate surface area is 205 Å². The molecule has 0 spiro atoms. The monoisotopic (exact) mass is 477 g/mol. The van der Waals surface area contributed by atoms with Crippen LogP contribution in [0.3, 0.4) is 0 Å². The van der Waals surface area contributed by atoms with Gasteiger partial charge in [0.1, 0.15) is 11.7 Å². The van der Waals surface area contributed by atoms with Crippen molar-refractivity contribution in [1.29, 1.82) is 0 Å². The quantitative estimate of drug-likeness (QED) is 0.663. The molecule has 0 bridgehead atoms. The molecule has 7 nitrogen and oxygen atoms in total. The van der Waals surface area contributed by atoms with Crippen LogP contribution in [0.4, 0.5) is 15.8 Å². The van der Waals surface area contributed by atoms with Gasteiger partial charge in [0.15, 0.2) is 0 Å². The highest BCUT2D eigenvalue weighted by molar-refractivity contribution is 5.99. The predicted molar refractivity (Wildman–Crippen MR) is 134 cm³/mol. The normalized spacial score (nSPS) is 24.2. The van der Waals surface area contributed by atoms with Crippen molar-refractivity contribution in [3.63, 3.8) is 0 Å². The third-order valence-corrected chi connectivity index (χ3v) is 7.71. The van der Waals surface area contributed by atoms with Crippen LogP contribution >= 0.6 is 0 Å². The van der Waals surface area contributed by atoms with Gasteiger partial charge in [-0.05, 0) is 73.4 Å². The first kappa shape index (κ1) is 22.3. The molecule has 3 aliphatic heterocycles. The number of carbonyl (C=O) groups excluding carboxylic acids is 1. The number of carbonyl (C=O) groups is 1. The summed E-state index contributed by atoms with van der Waals surface area (Å²) in [6, 6.07) is 13.4. The summed E-state index contributed by atoms with van der Waals surface area (Å²) in [5, 5.41) is 14.8. The standard InChI is InChI=1S/C27H32FN5O2/c28-23-16-21(19-5-8-22(9-6-19)31-12-1-2-13-31)7-10-24(23)33-25(29-30-27(33)35)15-18-11-14-32(17-18)26(34)20-3-4-20/h5-10,16,18,20,27,30,35H,1-4,11-15,17H2/t18-,27?/m0/s1. The average molecular weight is 478 g/mol.